The number of aliphatic carboxylic acids is 1. The van der Waals surface area contributed by atoms with Gasteiger partial charge < -0.3 is 34.3 Å². The molecular weight excluding hydrogens is 561 g/mol. The summed E-state index contributed by atoms with van der Waals surface area (Å²) in [4.78, 5) is 37.8. The smallest absolute Gasteiger partial charge is 0.449 e. The zero-order valence-electron chi connectivity index (χ0n) is 23.9. The summed E-state index contributed by atoms with van der Waals surface area (Å²) in [5, 5.41) is 11.9. The maximum atomic E-state index is 13.4. The molecule has 3 fully saturated rings. The van der Waals surface area contributed by atoms with E-state index in [1.807, 2.05) is 0 Å². The lowest BCUT2D eigenvalue weighted by Gasteiger charge is -2.41. The number of carbonyl (C=O) groups excluding carboxylic acids is 2. The number of para-hydroxylation sites is 1. The molecule has 0 aromatic heterocycles. The molecule has 0 radical (unpaired) electrons. The molecule has 2 saturated heterocycles. The number of nitrogens with zero attached hydrogens (tertiary/aromatic N) is 1. The molecule has 13 heteroatoms. The van der Waals surface area contributed by atoms with Crippen LogP contribution in [0.1, 0.15) is 64.4 Å². The Bertz CT molecular complexity index is 1190. The topological polar surface area (TPSA) is 124 Å². The van der Waals surface area contributed by atoms with Crippen LogP contribution in [-0.4, -0.2) is 83.8 Å². The molecule has 1 spiro atoms. The number of hydrogen-bond donors (Lipinski definition) is 2. The van der Waals surface area contributed by atoms with E-state index < -0.39 is 41.2 Å². The monoisotopic (exact) mass is 598 g/mol. The van der Waals surface area contributed by atoms with E-state index in [0.29, 0.717) is 44.2 Å². The zero-order valence-corrected chi connectivity index (χ0v) is 23.9. The fraction of sp³-hybridized carbons (Fsp3) is 0.621. The number of likely N-dealkylation sites (tertiary alicyclic amines) is 1. The Balaban J connectivity index is 1.42. The Morgan fingerprint density at radius 2 is 1.86 bits per heavy atom. The number of nitrogens with one attached hydrogen (secondary N) is 1. The van der Waals surface area contributed by atoms with Crippen LogP contribution in [0, 0.1) is 0 Å². The van der Waals surface area contributed by atoms with Crippen molar-refractivity contribution >= 4 is 18.0 Å². The number of alkyl halides is 3. The second-order valence-electron chi connectivity index (χ2n) is 11.9. The molecule has 0 unspecified atom stereocenters. The highest BCUT2D eigenvalue weighted by Crippen LogP contribution is 2.41. The number of allylic oxidation sites excluding steroid dienone is 1. The number of halogens is 3. The first-order valence-electron chi connectivity index (χ1n) is 14.0. The van der Waals surface area contributed by atoms with Crippen molar-refractivity contribution in [2.45, 2.75) is 88.3 Å². The van der Waals surface area contributed by atoms with Crippen molar-refractivity contribution in [2.75, 3.05) is 26.4 Å². The van der Waals surface area contributed by atoms with Gasteiger partial charge in [-0.3, -0.25) is 4.79 Å². The predicted molar refractivity (Wildman–Crippen MR) is 143 cm³/mol. The van der Waals surface area contributed by atoms with Crippen LogP contribution >= 0.6 is 0 Å². The van der Waals surface area contributed by atoms with Gasteiger partial charge in [-0.15, -0.1) is 0 Å². The summed E-state index contributed by atoms with van der Waals surface area (Å²) < 4.78 is 62.7. The lowest BCUT2D eigenvalue weighted by Crippen LogP contribution is -2.65. The minimum absolute atomic E-state index is 0.0116. The normalized spacial score (nSPS) is 27.1. The van der Waals surface area contributed by atoms with Crippen molar-refractivity contribution in [3.05, 3.63) is 41.7 Å². The maximum absolute atomic E-state index is 13.4. The van der Waals surface area contributed by atoms with Gasteiger partial charge in [-0.1, -0.05) is 18.2 Å². The van der Waals surface area contributed by atoms with Crippen LogP contribution in [-0.2, 0) is 23.8 Å². The fourth-order valence-corrected chi connectivity index (χ4v) is 5.80. The van der Waals surface area contributed by atoms with Crippen LogP contribution in [0.2, 0.25) is 0 Å². The molecule has 42 heavy (non-hydrogen) atoms. The molecule has 1 aromatic carbocycles. The molecule has 2 aliphatic heterocycles. The quantitative estimate of drug-likeness (QED) is 0.347. The molecule has 2 atom stereocenters. The third kappa shape index (κ3) is 7.74. The van der Waals surface area contributed by atoms with Gasteiger partial charge in [0, 0.05) is 6.54 Å². The van der Waals surface area contributed by atoms with E-state index in [1.165, 1.54) is 12.1 Å². The molecule has 0 bridgehead atoms. The molecule has 2 amide bonds. The SMILES string of the molecule is CC(C)(C)OC(=O)N1CC[C@@]2(COCC(=O)N2)[C@@H]1COC1CCC(c2ccccc2OC(=CC(=O)O)C(F)(F)F)CC1. The van der Waals surface area contributed by atoms with Crippen molar-refractivity contribution in [2.24, 2.45) is 0 Å². The third-order valence-electron chi connectivity index (χ3n) is 7.70. The average molecular weight is 599 g/mol. The van der Waals surface area contributed by atoms with Gasteiger partial charge in [0.1, 0.15) is 18.0 Å². The number of carboxylic acids is 1. The molecule has 2 N–H and O–H groups in total. The number of morpholine rings is 1. The molecule has 4 rings (SSSR count). The van der Waals surface area contributed by atoms with Gasteiger partial charge in [0.2, 0.25) is 11.7 Å². The summed E-state index contributed by atoms with van der Waals surface area (Å²) in [6.45, 7) is 6.05. The van der Waals surface area contributed by atoms with Crippen molar-refractivity contribution in [3.8, 4) is 5.75 Å². The summed E-state index contributed by atoms with van der Waals surface area (Å²) in [6.07, 6.45) is -2.74. The molecule has 2 heterocycles. The van der Waals surface area contributed by atoms with E-state index in [1.54, 1.807) is 37.8 Å². The van der Waals surface area contributed by atoms with Crippen LogP contribution in [0.3, 0.4) is 0 Å². The fourth-order valence-electron chi connectivity index (χ4n) is 5.80. The zero-order chi connectivity index (χ0) is 30.7. The van der Waals surface area contributed by atoms with Gasteiger partial charge in [0.25, 0.3) is 0 Å². The molecule has 1 saturated carbocycles. The van der Waals surface area contributed by atoms with E-state index >= 15 is 0 Å². The number of carbonyl (C=O) groups is 3. The van der Waals surface area contributed by atoms with Gasteiger partial charge in [-0.2, -0.15) is 13.2 Å². The highest BCUT2D eigenvalue weighted by atomic mass is 19.4. The van der Waals surface area contributed by atoms with Crippen LogP contribution in [0.4, 0.5) is 18.0 Å². The van der Waals surface area contributed by atoms with Crippen LogP contribution < -0.4 is 10.1 Å². The highest BCUT2D eigenvalue weighted by Gasteiger charge is 2.53. The summed E-state index contributed by atoms with van der Waals surface area (Å²) in [6, 6.07) is 5.80. The van der Waals surface area contributed by atoms with Crippen molar-refractivity contribution in [1.29, 1.82) is 0 Å². The van der Waals surface area contributed by atoms with E-state index in [4.69, 9.17) is 24.1 Å². The number of hydrogen-bond acceptors (Lipinski definition) is 7. The summed E-state index contributed by atoms with van der Waals surface area (Å²) in [5.41, 5.74) is -0.934. The Morgan fingerprint density at radius 1 is 1.17 bits per heavy atom. The molecular formula is C29H37F3N2O8. The molecule has 1 aliphatic carbocycles. The number of rotatable bonds is 7. The lowest BCUT2D eigenvalue weighted by molar-refractivity contribution is -0.138. The first-order valence-corrected chi connectivity index (χ1v) is 14.0. The van der Waals surface area contributed by atoms with Crippen molar-refractivity contribution in [3.63, 3.8) is 0 Å². The summed E-state index contributed by atoms with van der Waals surface area (Å²) in [5.74, 6) is -3.78. The standard InChI is InChI=1S/C29H37F3N2O8/c1-27(2,3)42-26(38)34-13-12-28(17-39-16-24(35)33-28)22(34)15-40-19-10-8-18(9-11-19)20-6-4-5-7-21(20)41-23(14-25(36)37)29(30,31)32/h4-7,14,18-19,22H,8-13,15-17H2,1-3H3,(H,33,35)(H,36,37)/t18?,19?,22-,28+/m0/s1. The van der Waals surface area contributed by atoms with Gasteiger partial charge in [-0.05, 0) is 70.4 Å². The molecule has 1 aromatic rings. The Labute approximate surface area is 242 Å². The third-order valence-corrected chi connectivity index (χ3v) is 7.70. The average Bonchev–Trinajstić information content (AvgIpc) is 3.22. The largest absolute Gasteiger partial charge is 0.478 e. The maximum Gasteiger partial charge on any atom is 0.449 e. The second-order valence-corrected chi connectivity index (χ2v) is 11.9. The Kier molecular flexibility index (Phi) is 9.41. The van der Waals surface area contributed by atoms with Crippen molar-refractivity contribution in [1.82, 2.24) is 10.2 Å². The summed E-state index contributed by atoms with van der Waals surface area (Å²) in [7, 11) is 0. The summed E-state index contributed by atoms with van der Waals surface area (Å²) >= 11 is 0. The van der Waals surface area contributed by atoms with Gasteiger partial charge >= 0.3 is 18.2 Å². The van der Waals surface area contributed by atoms with Crippen molar-refractivity contribution < 1.29 is 51.6 Å². The number of carboxylic acid groups (broad SMARTS) is 1. The van der Waals surface area contributed by atoms with E-state index in [9.17, 15) is 27.6 Å². The minimum Gasteiger partial charge on any atom is -0.478 e. The number of ether oxygens (including phenoxy) is 4. The Morgan fingerprint density at radius 3 is 2.48 bits per heavy atom. The van der Waals surface area contributed by atoms with E-state index in [0.717, 1.165) is 0 Å². The first kappa shape index (κ1) is 31.6. The lowest BCUT2D eigenvalue weighted by atomic mass is 9.82. The van der Waals surface area contributed by atoms with Crippen LogP contribution in [0.5, 0.6) is 5.75 Å². The van der Waals surface area contributed by atoms with Gasteiger partial charge in [0.15, 0.2) is 0 Å². The Hall–Kier alpha value is -3.32. The van der Waals surface area contributed by atoms with Gasteiger partial charge in [0.05, 0.1) is 37.0 Å². The van der Waals surface area contributed by atoms with Crippen LogP contribution in [0.15, 0.2) is 36.1 Å². The highest BCUT2D eigenvalue weighted by molar-refractivity contribution is 5.80. The van der Waals surface area contributed by atoms with E-state index in [2.05, 4.69) is 5.32 Å². The minimum atomic E-state index is -4.97. The molecule has 10 nitrogen and oxygen atoms in total. The first-order chi connectivity index (χ1) is 19.7. The predicted octanol–water partition coefficient (Wildman–Crippen LogP) is 4.53. The molecule has 3 aliphatic rings. The van der Waals surface area contributed by atoms with E-state index in [-0.39, 0.29) is 49.6 Å². The van der Waals surface area contributed by atoms with Crippen LogP contribution in [0.25, 0.3) is 0 Å². The number of benzene rings is 1. The molecule has 232 valence electrons. The number of amides is 2. The second kappa shape index (κ2) is 12.5. The van der Waals surface area contributed by atoms with Gasteiger partial charge in [-0.25, -0.2) is 9.59 Å².